The van der Waals surface area contributed by atoms with Gasteiger partial charge in [-0.25, -0.2) is 0 Å². The van der Waals surface area contributed by atoms with E-state index in [4.69, 9.17) is 0 Å². The molecule has 4 fully saturated rings. The highest BCUT2D eigenvalue weighted by Gasteiger charge is 2.49. The van der Waals surface area contributed by atoms with Crippen LogP contribution in [0.5, 0.6) is 0 Å². The summed E-state index contributed by atoms with van der Waals surface area (Å²) in [7, 11) is 1.77. The van der Waals surface area contributed by atoms with Gasteiger partial charge in [-0.2, -0.15) is 0 Å². The van der Waals surface area contributed by atoms with Gasteiger partial charge in [-0.15, -0.1) is 0 Å². The molecule has 96 valence electrons. The quantitative estimate of drug-likeness (QED) is 0.763. The molecule has 0 radical (unpaired) electrons. The molecule has 4 heteroatoms. The highest BCUT2D eigenvalue weighted by molar-refractivity contribution is 5.73. The molecule has 0 aromatic heterocycles. The molecule has 3 heterocycles. The molecule has 4 unspecified atom stereocenters. The van der Waals surface area contributed by atoms with Crippen LogP contribution in [0.1, 0.15) is 25.7 Å². The van der Waals surface area contributed by atoms with E-state index in [2.05, 4.69) is 10.2 Å². The molecule has 0 spiro atoms. The van der Waals surface area contributed by atoms with Crippen LogP contribution in [0.25, 0.3) is 0 Å². The van der Waals surface area contributed by atoms with E-state index >= 15 is 0 Å². The normalized spacial score (nSPS) is 45.6. The third kappa shape index (κ3) is 1.78. The zero-order chi connectivity index (χ0) is 12.0. The van der Waals surface area contributed by atoms with Gasteiger partial charge in [0, 0.05) is 6.04 Å². The maximum absolute atomic E-state index is 11.2. The number of nitrogens with zero attached hydrogens (tertiary/aromatic N) is 1. The molecule has 1 saturated carbocycles. The van der Waals surface area contributed by atoms with Crippen molar-refractivity contribution >= 4 is 5.97 Å². The van der Waals surface area contributed by atoms with Crippen molar-refractivity contribution in [1.82, 2.24) is 10.2 Å². The summed E-state index contributed by atoms with van der Waals surface area (Å²) in [6.07, 6.45) is 4.87. The van der Waals surface area contributed by atoms with Gasteiger partial charge in [-0.05, 0) is 63.6 Å². The molecule has 2 N–H and O–H groups in total. The van der Waals surface area contributed by atoms with E-state index in [1.165, 1.54) is 25.9 Å². The Hall–Kier alpha value is -0.610. The number of carboxylic acid groups (broad SMARTS) is 1. The van der Waals surface area contributed by atoms with Gasteiger partial charge in [0.2, 0.25) is 0 Å². The SMILES string of the molecule is CNC(C(=O)O)C1CC2C3CCN(CC3)C2C1. The Morgan fingerprint density at radius 1 is 1.35 bits per heavy atom. The molecule has 0 aromatic rings. The van der Waals surface area contributed by atoms with Crippen molar-refractivity contribution in [3.05, 3.63) is 0 Å². The number of hydrogen-bond acceptors (Lipinski definition) is 3. The lowest BCUT2D eigenvalue weighted by atomic mass is 9.75. The van der Waals surface area contributed by atoms with Crippen LogP contribution in [-0.2, 0) is 4.79 Å². The minimum atomic E-state index is -0.682. The summed E-state index contributed by atoms with van der Waals surface area (Å²) in [6, 6.07) is 0.337. The number of likely N-dealkylation sites (N-methyl/N-ethyl adjacent to an activating group) is 1. The Kier molecular flexibility index (Phi) is 2.87. The van der Waals surface area contributed by atoms with Gasteiger partial charge in [0.25, 0.3) is 0 Å². The van der Waals surface area contributed by atoms with Gasteiger partial charge >= 0.3 is 5.97 Å². The number of carbonyl (C=O) groups is 1. The fourth-order valence-electron chi connectivity index (χ4n) is 4.53. The summed E-state index contributed by atoms with van der Waals surface area (Å²) in [5.74, 6) is 1.30. The van der Waals surface area contributed by atoms with Crippen LogP contribution in [0.3, 0.4) is 0 Å². The third-order valence-corrected chi connectivity index (χ3v) is 5.31. The number of fused-ring (bicyclic) bond motifs is 2. The van der Waals surface area contributed by atoms with Crippen molar-refractivity contribution in [3.8, 4) is 0 Å². The van der Waals surface area contributed by atoms with Gasteiger partial charge < -0.3 is 15.3 Å². The second-order valence-electron chi connectivity index (χ2n) is 5.94. The van der Waals surface area contributed by atoms with Crippen molar-refractivity contribution in [3.63, 3.8) is 0 Å². The number of piperidine rings is 3. The van der Waals surface area contributed by atoms with Gasteiger partial charge in [0.05, 0.1) is 0 Å². The molecular formula is C13H22N2O2. The summed E-state index contributed by atoms with van der Waals surface area (Å²) in [6.45, 7) is 2.49. The van der Waals surface area contributed by atoms with E-state index in [1.807, 2.05) is 0 Å². The number of rotatable bonds is 3. The molecule has 0 amide bonds. The first-order valence-corrected chi connectivity index (χ1v) is 6.85. The Bertz CT molecular complexity index is 293. The van der Waals surface area contributed by atoms with Gasteiger partial charge in [-0.1, -0.05) is 0 Å². The number of carboxylic acids is 1. The van der Waals surface area contributed by atoms with E-state index in [1.54, 1.807) is 7.05 Å². The maximum atomic E-state index is 11.2. The van der Waals surface area contributed by atoms with Crippen molar-refractivity contribution in [2.24, 2.45) is 17.8 Å². The second-order valence-corrected chi connectivity index (χ2v) is 5.94. The van der Waals surface area contributed by atoms with Crippen LogP contribution in [0.4, 0.5) is 0 Å². The molecule has 4 nitrogen and oxygen atoms in total. The standard InChI is InChI=1S/C13H22N2O2/c1-14-12(13(16)17)9-6-10-8-2-4-15(5-3-8)11(10)7-9/h8-12,14H,2-7H2,1H3,(H,16,17). The smallest absolute Gasteiger partial charge is 0.320 e. The predicted octanol–water partition coefficient (Wildman–Crippen LogP) is 0.779. The zero-order valence-electron chi connectivity index (χ0n) is 10.4. The van der Waals surface area contributed by atoms with E-state index in [9.17, 15) is 9.90 Å². The second kappa shape index (κ2) is 4.25. The van der Waals surface area contributed by atoms with E-state index in [-0.39, 0.29) is 6.04 Å². The molecular weight excluding hydrogens is 216 g/mol. The van der Waals surface area contributed by atoms with Crippen molar-refractivity contribution in [1.29, 1.82) is 0 Å². The fraction of sp³-hybridized carbons (Fsp3) is 0.923. The summed E-state index contributed by atoms with van der Waals surface area (Å²) in [5, 5.41) is 12.2. The first-order chi connectivity index (χ1) is 8.20. The molecule has 4 atom stereocenters. The van der Waals surface area contributed by atoms with Crippen LogP contribution in [0.15, 0.2) is 0 Å². The highest BCUT2D eigenvalue weighted by Crippen LogP contribution is 2.48. The lowest BCUT2D eigenvalue weighted by Gasteiger charge is -2.48. The van der Waals surface area contributed by atoms with Crippen molar-refractivity contribution in [2.75, 3.05) is 20.1 Å². The summed E-state index contributed by atoms with van der Waals surface area (Å²) in [5.41, 5.74) is 0. The average Bonchev–Trinajstić information content (AvgIpc) is 2.77. The van der Waals surface area contributed by atoms with E-state index < -0.39 is 5.97 Å². The zero-order valence-corrected chi connectivity index (χ0v) is 10.4. The maximum Gasteiger partial charge on any atom is 0.320 e. The Balaban J connectivity index is 1.74. The fourth-order valence-corrected chi connectivity index (χ4v) is 4.53. The van der Waals surface area contributed by atoms with Crippen molar-refractivity contribution < 1.29 is 9.90 Å². The van der Waals surface area contributed by atoms with Crippen LogP contribution < -0.4 is 5.32 Å². The first-order valence-electron chi connectivity index (χ1n) is 6.85. The van der Waals surface area contributed by atoms with Crippen molar-refractivity contribution in [2.45, 2.75) is 37.8 Å². The molecule has 17 heavy (non-hydrogen) atoms. The predicted molar refractivity (Wildman–Crippen MR) is 64.8 cm³/mol. The average molecular weight is 238 g/mol. The summed E-state index contributed by atoms with van der Waals surface area (Å²) in [4.78, 5) is 13.8. The largest absolute Gasteiger partial charge is 0.480 e. The first kappa shape index (κ1) is 11.5. The van der Waals surface area contributed by atoms with Gasteiger partial charge in [0.1, 0.15) is 6.04 Å². The molecule has 3 aliphatic heterocycles. The van der Waals surface area contributed by atoms with E-state index in [0.29, 0.717) is 12.0 Å². The lowest BCUT2D eigenvalue weighted by molar-refractivity contribution is -0.140. The van der Waals surface area contributed by atoms with E-state index in [0.717, 1.165) is 24.7 Å². The molecule has 4 rings (SSSR count). The molecule has 1 aliphatic carbocycles. The Labute approximate surface area is 102 Å². The summed E-state index contributed by atoms with van der Waals surface area (Å²) < 4.78 is 0. The lowest BCUT2D eigenvalue weighted by Crippen LogP contribution is -2.52. The van der Waals surface area contributed by atoms with Gasteiger partial charge in [0.15, 0.2) is 0 Å². The number of aliphatic carboxylic acids is 1. The third-order valence-electron chi connectivity index (χ3n) is 5.31. The summed E-state index contributed by atoms with van der Waals surface area (Å²) >= 11 is 0. The number of nitrogens with one attached hydrogen (secondary N) is 1. The Morgan fingerprint density at radius 2 is 2.06 bits per heavy atom. The Morgan fingerprint density at radius 3 is 2.59 bits per heavy atom. The highest BCUT2D eigenvalue weighted by atomic mass is 16.4. The molecule has 0 aromatic carbocycles. The van der Waals surface area contributed by atoms with Crippen LogP contribution in [0, 0.1) is 17.8 Å². The van der Waals surface area contributed by atoms with Crippen LogP contribution in [0.2, 0.25) is 0 Å². The van der Waals surface area contributed by atoms with Crippen LogP contribution in [-0.4, -0.2) is 48.2 Å². The monoisotopic (exact) mass is 238 g/mol. The topological polar surface area (TPSA) is 52.6 Å². The van der Waals surface area contributed by atoms with Gasteiger partial charge in [-0.3, -0.25) is 4.79 Å². The molecule has 4 aliphatic rings. The minimum Gasteiger partial charge on any atom is -0.480 e. The number of hydrogen-bond donors (Lipinski definition) is 2. The van der Waals surface area contributed by atoms with Crippen LogP contribution >= 0.6 is 0 Å². The minimum absolute atomic E-state index is 0.327. The molecule has 3 saturated heterocycles. The molecule has 2 bridgehead atoms.